The Labute approximate surface area is 133 Å². The van der Waals surface area contributed by atoms with E-state index in [1.807, 2.05) is 6.92 Å². The van der Waals surface area contributed by atoms with E-state index >= 15 is 0 Å². The third-order valence-electron chi connectivity index (χ3n) is 5.80. The van der Waals surface area contributed by atoms with Crippen molar-refractivity contribution in [3.8, 4) is 0 Å². The number of aliphatic hydroxyl groups excluding tert-OH is 1. The van der Waals surface area contributed by atoms with Crippen LogP contribution in [0.15, 0.2) is 24.3 Å². The van der Waals surface area contributed by atoms with Crippen molar-refractivity contribution in [2.24, 2.45) is 11.8 Å². The molecule has 0 saturated heterocycles. The number of rotatable bonds is 5. The smallest absolute Gasteiger partial charge is 0.224 e. The maximum Gasteiger partial charge on any atom is 0.224 e. The average molecular weight is 301 g/mol. The summed E-state index contributed by atoms with van der Waals surface area (Å²) in [6.07, 6.45) is 4.89. The summed E-state index contributed by atoms with van der Waals surface area (Å²) in [6.45, 7) is 4.46. The van der Waals surface area contributed by atoms with Crippen molar-refractivity contribution < 1.29 is 9.90 Å². The maximum atomic E-state index is 12.5. The molecule has 22 heavy (non-hydrogen) atoms. The molecule has 2 aliphatic rings. The van der Waals surface area contributed by atoms with Gasteiger partial charge in [-0.15, -0.1) is 0 Å². The fourth-order valence-electron chi connectivity index (χ4n) is 3.98. The molecule has 1 spiro atoms. The lowest BCUT2D eigenvalue weighted by Crippen LogP contribution is -2.37. The molecule has 4 atom stereocenters. The van der Waals surface area contributed by atoms with E-state index in [0.29, 0.717) is 6.54 Å². The predicted molar refractivity (Wildman–Crippen MR) is 87.6 cm³/mol. The van der Waals surface area contributed by atoms with Gasteiger partial charge in [-0.05, 0) is 42.7 Å². The van der Waals surface area contributed by atoms with Gasteiger partial charge in [0, 0.05) is 17.9 Å². The van der Waals surface area contributed by atoms with Crippen LogP contribution in [0.4, 0.5) is 0 Å². The molecule has 120 valence electrons. The van der Waals surface area contributed by atoms with Crippen LogP contribution in [-0.2, 0) is 16.6 Å². The van der Waals surface area contributed by atoms with Gasteiger partial charge in [0.1, 0.15) is 0 Å². The second kappa shape index (κ2) is 6.04. The van der Waals surface area contributed by atoms with Crippen LogP contribution >= 0.6 is 0 Å². The molecule has 2 N–H and O–H groups in total. The number of amides is 1. The van der Waals surface area contributed by atoms with E-state index in [1.165, 1.54) is 17.5 Å². The van der Waals surface area contributed by atoms with E-state index < -0.39 is 6.10 Å². The molecule has 1 amide bonds. The molecule has 2 aliphatic carbocycles. The number of benzene rings is 1. The average Bonchev–Trinajstić information content (AvgIpc) is 3.26. The molecule has 4 unspecified atom stereocenters. The zero-order chi connectivity index (χ0) is 15.7. The summed E-state index contributed by atoms with van der Waals surface area (Å²) in [6, 6.07) is 8.59. The molecule has 3 rings (SSSR count). The first-order chi connectivity index (χ1) is 10.6. The molecular formula is C19H27NO2. The van der Waals surface area contributed by atoms with Gasteiger partial charge in [-0.25, -0.2) is 0 Å². The Morgan fingerprint density at radius 1 is 1.45 bits per heavy atom. The Morgan fingerprint density at radius 3 is 3.00 bits per heavy atom. The fourth-order valence-corrected chi connectivity index (χ4v) is 3.98. The second-order valence-electron chi connectivity index (χ2n) is 7.12. The van der Waals surface area contributed by atoms with Crippen LogP contribution in [0.25, 0.3) is 0 Å². The Balaban J connectivity index is 1.64. The highest BCUT2D eigenvalue weighted by molar-refractivity contribution is 5.84. The van der Waals surface area contributed by atoms with Crippen molar-refractivity contribution in [3.63, 3.8) is 0 Å². The van der Waals surface area contributed by atoms with Gasteiger partial charge in [-0.3, -0.25) is 4.79 Å². The fraction of sp³-hybridized carbons (Fsp3) is 0.632. The molecular weight excluding hydrogens is 274 g/mol. The molecule has 0 bridgehead atoms. The molecule has 3 heteroatoms. The minimum Gasteiger partial charge on any atom is -0.391 e. The second-order valence-corrected chi connectivity index (χ2v) is 7.12. The Bertz CT molecular complexity index is 556. The van der Waals surface area contributed by atoms with Crippen LogP contribution in [-0.4, -0.2) is 23.7 Å². The van der Waals surface area contributed by atoms with E-state index in [2.05, 4.69) is 36.5 Å². The van der Waals surface area contributed by atoms with Gasteiger partial charge < -0.3 is 10.4 Å². The van der Waals surface area contributed by atoms with Crippen molar-refractivity contribution in [2.75, 3.05) is 6.54 Å². The highest BCUT2D eigenvalue weighted by atomic mass is 16.3. The van der Waals surface area contributed by atoms with E-state index in [0.717, 1.165) is 25.7 Å². The normalized spacial score (nSPS) is 28.8. The molecule has 0 aliphatic heterocycles. The molecule has 1 aromatic rings. The van der Waals surface area contributed by atoms with Crippen LogP contribution in [0, 0.1) is 11.8 Å². The first-order valence-electron chi connectivity index (χ1n) is 8.62. The Morgan fingerprint density at radius 2 is 2.23 bits per heavy atom. The molecule has 1 aromatic carbocycles. The van der Waals surface area contributed by atoms with E-state index in [-0.39, 0.29) is 23.2 Å². The summed E-state index contributed by atoms with van der Waals surface area (Å²) in [5.41, 5.74) is 2.90. The summed E-state index contributed by atoms with van der Waals surface area (Å²) in [5.74, 6) is 0.445. The molecule has 1 fully saturated rings. The standard InChI is InChI=1S/C19H27NO2/c1-3-13(2)17(21)12-20-18(22)16-11-19(16)10-6-8-14-7-4-5-9-15(14)19/h4-5,7,9,13,16-17,21H,3,6,8,10-12H2,1-2H3,(H,20,22). The minimum atomic E-state index is -0.442. The van der Waals surface area contributed by atoms with Crippen LogP contribution in [0.2, 0.25) is 0 Å². The lowest BCUT2D eigenvalue weighted by Gasteiger charge is -2.26. The number of nitrogens with one attached hydrogen (secondary N) is 1. The monoisotopic (exact) mass is 301 g/mol. The van der Waals surface area contributed by atoms with Gasteiger partial charge >= 0.3 is 0 Å². The lowest BCUT2D eigenvalue weighted by atomic mass is 9.78. The summed E-state index contributed by atoms with van der Waals surface area (Å²) in [5, 5.41) is 13.0. The largest absolute Gasteiger partial charge is 0.391 e. The zero-order valence-electron chi connectivity index (χ0n) is 13.6. The van der Waals surface area contributed by atoms with E-state index in [9.17, 15) is 9.90 Å². The summed E-state index contributed by atoms with van der Waals surface area (Å²) < 4.78 is 0. The van der Waals surface area contributed by atoms with Gasteiger partial charge in [0.25, 0.3) is 0 Å². The Hall–Kier alpha value is -1.35. The quantitative estimate of drug-likeness (QED) is 0.878. The molecule has 1 saturated carbocycles. The predicted octanol–water partition coefficient (Wildman–Crippen LogP) is 2.80. The van der Waals surface area contributed by atoms with Gasteiger partial charge in [-0.1, -0.05) is 44.5 Å². The molecule has 0 heterocycles. The number of carbonyl (C=O) groups is 1. The highest BCUT2D eigenvalue weighted by Crippen LogP contribution is 2.60. The van der Waals surface area contributed by atoms with Gasteiger partial charge in [0.15, 0.2) is 0 Å². The van der Waals surface area contributed by atoms with Crippen LogP contribution < -0.4 is 5.32 Å². The first kappa shape index (κ1) is 15.5. The molecule has 0 aromatic heterocycles. The van der Waals surface area contributed by atoms with E-state index in [1.54, 1.807) is 0 Å². The summed E-state index contributed by atoms with van der Waals surface area (Å²) in [4.78, 5) is 12.5. The topological polar surface area (TPSA) is 49.3 Å². The first-order valence-corrected chi connectivity index (χ1v) is 8.62. The van der Waals surface area contributed by atoms with Crippen molar-refractivity contribution >= 4 is 5.91 Å². The number of hydrogen-bond acceptors (Lipinski definition) is 2. The van der Waals surface area contributed by atoms with Crippen LogP contribution in [0.1, 0.15) is 50.7 Å². The van der Waals surface area contributed by atoms with Crippen LogP contribution in [0.3, 0.4) is 0 Å². The minimum absolute atomic E-state index is 0.0836. The van der Waals surface area contributed by atoms with Gasteiger partial charge in [0.2, 0.25) is 5.91 Å². The third kappa shape index (κ3) is 2.67. The van der Waals surface area contributed by atoms with Crippen molar-refractivity contribution in [2.45, 2.75) is 57.5 Å². The summed E-state index contributed by atoms with van der Waals surface area (Å²) in [7, 11) is 0. The SMILES string of the molecule is CCC(C)C(O)CNC(=O)C1CC12CCCc1ccccc12. The maximum absolute atomic E-state index is 12.5. The third-order valence-corrected chi connectivity index (χ3v) is 5.80. The van der Waals surface area contributed by atoms with E-state index in [4.69, 9.17) is 0 Å². The number of carbonyl (C=O) groups excluding carboxylic acids is 1. The summed E-state index contributed by atoms with van der Waals surface area (Å²) >= 11 is 0. The molecule has 0 radical (unpaired) electrons. The number of fused-ring (bicyclic) bond motifs is 2. The van der Waals surface area contributed by atoms with Gasteiger partial charge in [-0.2, -0.15) is 0 Å². The Kier molecular flexibility index (Phi) is 4.26. The lowest BCUT2D eigenvalue weighted by molar-refractivity contribution is -0.123. The van der Waals surface area contributed by atoms with Crippen molar-refractivity contribution in [1.82, 2.24) is 5.32 Å². The zero-order valence-corrected chi connectivity index (χ0v) is 13.6. The number of aryl methyl sites for hydroxylation is 1. The number of aliphatic hydroxyl groups is 1. The van der Waals surface area contributed by atoms with Crippen molar-refractivity contribution in [3.05, 3.63) is 35.4 Å². The molecule has 3 nitrogen and oxygen atoms in total. The highest BCUT2D eigenvalue weighted by Gasteiger charge is 2.59. The number of hydrogen-bond donors (Lipinski definition) is 2. The van der Waals surface area contributed by atoms with Gasteiger partial charge in [0.05, 0.1) is 6.10 Å². The van der Waals surface area contributed by atoms with Crippen LogP contribution in [0.5, 0.6) is 0 Å². The van der Waals surface area contributed by atoms with Crippen molar-refractivity contribution in [1.29, 1.82) is 0 Å².